The molecule has 0 amide bonds. The molecule has 8 heteroatoms. The number of ether oxygens (including phenoxy) is 1. The zero-order chi connectivity index (χ0) is 18.0. The van der Waals surface area contributed by atoms with E-state index in [-0.39, 0.29) is 24.0 Å². The van der Waals surface area contributed by atoms with Crippen LogP contribution in [0.5, 0.6) is 0 Å². The lowest BCUT2D eigenvalue weighted by Crippen LogP contribution is -2.38. The van der Waals surface area contributed by atoms with Crippen LogP contribution in [0.15, 0.2) is 42.0 Å². The van der Waals surface area contributed by atoms with Crippen LogP contribution in [0, 0.1) is 5.92 Å². The number of hydrogen-bond acceptors (Lipinski definition) is 4. The molecule has 0 aliphatic heterocycles. The summed E-state index contributed by atoms with van der Waals surface area (Å²) in [5.41, 5.74) is 1.11. The van der Waals surface area contributed by atoms with Crippen molar-refractivity contribution in [2.75, 3.05) is 26.3 Å². The lowest BCUT2D eigenvalue weighted by molar-refractivity contribution is 0.123. The van der Waals surface area contributed by atoms with Crippen molar-refractivity contribution in [3.8, 4) is 5.82 Å². The summed E-state index contributed by atoms with van der Waals surface area (Å²) in [6, 6.07) is 4.01. The molecule has 0 saturated heterocycles. The second kappa shape index (κ2) is 11.9. The molecule has 1 aliphatic rings. The van der Waals surface area contributed by atoms with Gasteiger partial charge in [-0.15, -0.1) is 24.0 Å². The van der Waals surface area contributed by atoms with E-state index in [0.717, 1.165) is 56.0 Å². The Morgan fingerprint density at radius 1 is 1.33 bits per heavy atom. The number of aromatic nitrogens is 3. The monoisotopic (exact) mass is 484 g/mol. The second-order valence-electron chi connectivity index (χ2n) is 6.49. The number of aliphatic imine (C=N–C) groups is 1. The summed E-state index contributed by atoms with van der Waals surface area (Å²) in [6.07, 6.45) is 10.8. The molecule has 0 atom stereocenters. The van der Waals surface area contributed by atoms with E-state index in [2.05, 4.69) is 32.5 Å². The van der Waals surface area contributed by atoms with Crippen LogP contribution in [0.4, 0.5) is 0 Å². The van der Waals surface area contributed by atoms with Crippen molar-refractivity contribution in [3.05, 3.63) is 42.6 Å². The lowest BCUT2D eigenvalue weighted by Gasteiger charge is -2.11. The third-order valence-electron chi connectivity index (χ3n) is 4.15. The third-order valence-corrected chi connectivity index (χ3v) is 4.15. The van der Waals surface area contributed by atoms with Crippen LogP contribution < -0.4 is 10.6 Å². The van der Waals surface area contributed by atoms with Crippen molar-refractivity contribution < 1.29 is 4.74 Å². The van der Waals surface area contributed by atoms with Gasteiger partial charge in [-0.1, -0.05) is 0 Å². The number of halogens is 1. The topological polar surface area (TPSA) is 76.4 Å². The minimum atomic E-state index is 0. The number of nitrogens with one attached hydrogen (secondary N) is 2. The van der Waals surface area contributed by atoms with Crippen LogP contribution in [0.1, 0.15) is 31.7 Å². The molecule has 3 rings (SSSR count). The highest BCUT2D eigenvalue weighted by Gasteiger charge is 2.20. The van der Waals surface area contributed by atoms with Gasteiger partial charge in [-0.25, -0.2) is 15.0 Å². The number of pyridine rings is 1. The van der Waals surface area contributed by atoms with E-state index in [1.807, 2.05) is 22.9 Å². The standard InChI is InChI=1S/C19H28N6O.HI/c1-2-21-19(23-7-3-11-26-14-16-4-5-16)24-13-17-6-8-22-18(12-17)25-10-9-20-15-25;/h6,8-10,12,15-16H,2-5,7,11,13-14H2,1H3,(H2,21,23,24);1H. The Labute approximate surface area is 178 Å². The predicted molar refractivity (Wildman–Crippen MR) is 118 cm³/mol. The first kappa shape index (κ1) is 21.6. The van der Waals surface area contributed by atoms with Crippen molar-refractivity contribution in [1.29, 1.82) is 0 Å². The lowest BCUT2D eigenvalue weighted by atomic mass is 10.2. The minimum Gasteiger partial charge on any atom is -0.381 e. The molecule has 0 unspecified atom stereocenters. The predicted octanol–water partition coefficient (Wildman–Crippen LogP) is 2.76. The Balaban J connectivity index is 0.00000261. The van der Waals surface area contributed by atoms with Gasteiger partial charge in [-0.05, 0) is 49.8 Å². The highest BCUT2D eigenvalue weighted by Crippen LogP contribution is 2.28. The fourth-order valence-electron chi connectivity index (χ4n) is 2.52. The molecule has 1 aliphatic carbocycles. The Morgan fingerprint density at radius 3 is 2.96 bits per heavy atom. The molecule has 0 spiro atoms. The summed E-state index contributed by atoms with van der Waals surface area (Å²) in [6.45, 7) is 6.09. The number of hydrogen-bond donors (Lipinski definition) is 2. The minimum absolute atomic E-state index is 0. The quantitative estimate of drug-likeness (QED) is 0.235. The third kappa shape index (κ3) is 7.84. The molecule has 2 heterocycles. The maximum absolute atomic E-state index is 5.66. The normalized spacial score (nSPS) is 13.9. The first-order valence-corrected chi connectivity index (χ1v) is 9.38. The van der Waals surface area contributed by atoms with Crippen molar-refractivity contribution >= 4 is 29.9 Å². The van der Waals surface area contributed by atoms with Crippen LogP contribution in [0.2, 0.25) is 0 Å². The maximum atomic E-state index is 5.66. The van der Waals surface area contributed by atoms with Gasteiger partial charge >= 0.3 is 0 Å². The van der Waals surface area contributed by atoms with E-state index in [9.17, 15) is 0 Å². The van der Waals surface area contributed by atoms with Crippen LogP contribution >= 0.6 is 24.0 Å². The molecule has 2 aromatic rings. The number of rotatable bonds is 10. The summed E-state index contributed by atoms with van der Waals surface area (Å²) >= 11 is 0. The summed E-state index contributed by atoms with van der Waals surface area (Å²) in [4.78, 5) is 13.1. The van der Waals surface area contributed by atoms with Gasteiger partial charge in [-0.2, -0.15) is 0 Å². The maximum Gasteiger partial charge on any atom is 0.191 e. The molecule has 0 radical (unpaired) electrons. The van der Waals surface area contributed by atoms with Crippen LogP contribution in [-0.2, 0) is 11.3 Å². The van der Waals surface area contributed by atoms with Crippen LogP contribution in [0.3, 0.4) is 0 Å². The molecule has 0 aromatic carbocycles. The highest BCUT2D eigenvalue weighted by molar-refractivity contribution is 14.0. The highest BCUT2D eigenvalue weighted by atomic mass is 127. The molecule has 0 bridgehead atoms. The van der Waals surface area contributed by atoms with Crippen molar-refractivity contribution in [3.63, 3.8) is 0 Å². The molecule has 1 saturated carbocycles. The zero-order valence-electron chi connectivity index (χ0n) is 15.8. The molecule has 7 nitrogen and oxygen atoms in total. The van der Waals surface area contributed by atoms with Gasteiger partial charge in [0.15, 0.2) is 5.96 Å². The van der Waals surface area contributed by atoms with E-state index >= 15 is 0 Å². The summed E-state index contributed by atoms with van der Waals surface area (Å²) in [5.74, 6) is 2.51. The molecule has 2 N–H and O–H groups in total. The SMILES string of the molecule is CCNC(=NCc1ccnc(-n2ccnc2)c1)NCCCOCC1CC1.I. The fraction of sp³-hybridized carbons (Fsp3) is 0.526. The van der Waals surface area contributed by atoms with Crippen molar-refractivity contribution in [1.82, 2.24) is 25.2 Å². The van der Waals surface area contributed by atoms with Gasteiger partial charge in [0.2, 0.25) is 0 Å². The zero-order valence-corrected chi connectivity index (χ0v) is 18.1. The van der Waals surface area contributed by atoms with Gasteiger partial charge in [0, 0.05) is 44.9 Å². The number of nitrogens with zero attached hydrogens (tertiary/aromatic N) is 4. The second-order valence-corrected chi connectivity index (χ2v) is 6.49. The number of imidazole rings is 1. The summed E-state index contributed by atoms with van der Waals surface area (Å²) in [5, 5.41) is 6.65. The van der Waals surface area contributed by atoms with Crippen LogP contribution in [0.25, 0.3) is 5.82 Å². The van der Waals surface area contributed by atoms with E-state index in [4.69, 9.17) is 4.74 Å². The molecule has 1 fully saturated rings. The van der Waals surface area contributed by atoms with E-state index in [1.165, 1.54) is 12.8 Å². The molecule has 27 heavy (non-hydrogen) atoms. The fourth-order valence-corrected chi connectivity index (χ4v) is 2.52. The average Bonchev–Trinajstić information content (AvgIpc) is 3.32. The van der Waals surface area contributed by atoms with Gasteiger partial charge < -0.3 is 15.4 Å². The number of guanidine groups is 1. The van der Waals surface area contributed by atoms with Crippen molar-refractivity contribution in [2.24, 2.45) is 10.9 Å². The van der Waals surface area contributed by atoms with Gasteiger partial charge in [0.05, 0.1) is 6.54 Å². The van der Waals surface area contributed by atoms with Gasteiger partial charge in [0.25, 0.3) is 0 Å². The Kier molecular flexibility index (Phi) is 9.54. The van der Waals surface area contributed by atoms with Crippen LogP contribution in [-0.4, -0.2) is 46.8 Å². The van der Waals surface area contributed by atoms with E-state index in [0.29, 0.717) is 6.54 Å². The largest absolute Gasteiger partial charge is 0.381 e. The van der Waals surface area contributed by atoms with Gasteiger partial charge in [0.1, 0.15) is 12.1 Å². The van der Waals surface area contributed by atoms with E-state index < -0.39 is 0 Å². The average molecular weight is 484 g/mol. The first-order chi connectivity index (χ1) is 12.8. The summed E-state index contributed by atoms with van der Waals surface area (Å²) in [7, 11) is 0. The molecule has 148 valence electrons. The first-order valence-electron chi connectivity index (χ1n) is 9.38. The molecular weight excluding hydrogens is 455 g/mol. The smallest absolute Gasteiger partial charge is 0.191 e. The Hall–Kier alpha value is -1.68. The Bertz CT molecular complexity index is 687. The van der Waals surface area contributed by atoms with Gasteiger partial charge in [-0.3, -0.25) is 4.57 Å². The van der Waals surface area contributed by atoms with E-state index in [1.54, 1.807) is 18.7 Å². The Morgan fingerprint density at radius 2 is 2.22 bits per heavy atom. The molecule has 2 aromatic heterocycles. The molecular formula is C19H29IN6O. The van der Waals surface area contributed by atoms with Crippen molar-refractivity contribution in [2.45, 2.75) is 32.7 Å². The summed E-state index contributed by atoms with van der Waals surface area (Å²) < 4.78 is 7.55.